The van der Waals surface area contributed by atoms with E-state index in [-0.39, 0.29) is 5.91 Å². The van der Waals surface area contributed by atoms with Crippen molar-refractivity contribution in [2.75, 3.05) is 20.3 Å². The average Bonchev–Trinajstić information content (AvgIpc) is 3.14. The highest BCUT2D eigenvalue weighted by Crippen LogP contribution is 2.35. The summed E-state index contributed by atoms with van der Waals surface area (Å²) in [6.07, 6.45) is -1.73. The number of carbonyl (C=O) groups excluding carboxylic acids is 1. The van der Waals surface area contributed by atoms with Crippen molar-refractivity contribution in [1.29, 1.82) is 0 Å². The van der Waals surface area contributed by atoms with Gasteiger partial charge < -0.3 is 14.8 Å². The summed E-state index contributed by atoms with van der Waals surface area (Å²) in [6.45, 7) is 1.04. The molecule has 4 rings (SSSR count). The molecule has 0 aliphatic carbocycles. The summed E-state index contributed by atoms with van der Waals surface area (Å²) in [7, 11) is 1.51. The Balaban J connectivity index is 1.62. The second kappa shape index (κ2) is 11.6. The van der Waals surface area contributed by atoms with Gasteiger partial charge in [0, 0.05) is 25.7 Å². The summed E-state index contributed by atoms with van der Waals surface area (Å²) in [4.78, 5) is 16.4. The Labute approximate surface area is 212 Å². The predicted octanol–water partition coefficient (Wildman–Crippen LogP) is 5.15. The van der Waals surface area contributed by atoms with Gasteiger partial charge in [-0.25, -0.2) is 4.39 Å². The van der Waals surface area contributed by atoms with Crippen molar-refractivity contribution in [3.05, 3.63) is 89.0 Å². The molecular weight excluding hydrogens is 490 g/mol. The van der Waals surface area contributed by atoms with Gasteiger partial charge in [-0.3, -0.25) is 15.1 Å². The number of nitrogens with one attached hydrogen (secondary N) is 2. The number of likely N-dealkylation sites (N-methyl/N-ethyl adjacent to an activating group) is 1. The molecule has 6 nitrogen and oxygen atoms in total. The van der Waals surface area contributed by atoms with Gasteiger partial charge in [-0.1, -0.05) is 24.3 Å². The fourth-order valence-corrected chi connectivity index (χ4v) is 4.12. The van der Waals surface area contributed by atoms with Gasteiger partial charge in [0.15, 0.2) is 11.5 Å². The van der Waals surface area contributed by atoms with Gasteiger partial charge in [0.05, 0.1) is 13.2 Å². The average molecular weight is 518 g/mol. The SMILES string of the molecule is CNC(=O)[C@@H](N[C@@H](CCc1ccc(C(F)(F)F)nc1)c1ccc2c(c1)OCCCO2)c1ccc(F)cc1. The number of fused-ring (bicyclic) bond motifs is 1. The number of aryl methyl sites for hydroxylation is 1. The van der Waals surface area contributed by atoms with Crippen LogP contribution in [0.5, 0.6) is 11.5 Å². The molecule has 3 aromatic rings. The fourth-order valence-electron chi connectivity index (χ4n) is 4.12. The Morgan fingerprint density at radius 3 is 2.35 bits per heavy atom. The van der Waals surface area contributed by atoms with E-state index in [1.807, 2.05) is 12.1 Å². The molecule has 1 aromatic heterocycles. The number of alkyl halides is 3. The number of hydrogen-bond donors (Lipinski definition) is 2. The van der Waals surface area contributed by atoms with E-state index >= 15 is 0 Å². The molecular formula is C27H27F4N3O3. The Kier molecular flexibility index (Phi) is 8.27. The van der Waals surface area contributed by atoms with Crippen LogP contribution in [0.2, 0.25) is 0 Å². The normalized spacial score (nSPS) is 14.9. The molecule has 2 heterocycles. The Bertz CT molecular complexity index is 1200. The molecule has 37 heavy (non-hydrogen) atoms. The number of amides is 1. The van der Waals surface area contributed by atoms with Crippen LogP contribution in [0.4, 0.5) is 17.6 Å². The van der Waals surface area contributed by atoms with Crippen molar-refractivity contribution in [2.45, 2.75) is 37.5 Å². The number of ether oxygens (including phenoxy) is 2. The zero-order valence-corrected chi connectivity index (χ0v) is 20.1. The van der Waals surface area contributed by atoms with Gasteiger partial charge in [0.2, 0.25) is 5.91 Å². The predicted molar refractivity (Wildman–Crippen MR) is 129 cm³/mol. The number of pyridine rings is 1. The molecule has 1 amide bonds. The van der Waals surface area contributed by atoms with Crippen molar-refractivity contribution < 1.29 is 31.8 Å². The third-order valence-electron chi connectivity index (χ3n) is 6.09. The summed E-state index contributed by atoms with van der Waals surface area (Å²) in [5.41, 5.74) is 1.04. The molecule has 0 unspecified atom stereocenters. The van der Waals surface area contributed by atoms with Crippen LogP contribution in [0.1, 0.15) is 47.3 Å². The standard InChI is InChI=1S/C27H27F4N3O3/c1-32-26(35)25(18-5-8-20(28)9-6-18)34-21(10-3-17-4-12-24(33-16-17)27(29,30)31)19-7-11-22-23(15-19)37-14-2-13-36-22/h4-9,11-12,15-16,21,25,34H,2-3,10,13-14H2,1H3,(H,32,35)/t21-,25-/m0/s1. The molecule has 196 valence electrons. The zero-order chi connectivity index (χ0) is 26.4. The Morgan fingerprint density at radius 1 is 1.00 bits per heavy atom. The highest BCUT2D eigenvalue weighted by atomic mass is 19.4. The van der Waals surface area contributed by atoms with E-state index in [1.165, 1.54) is 43.6 Å². The molecule has 0 fully saturated rings. The lowest BCUT2D eigenvalue weighted by molar-refractivity contribution is -0.141. The van der Waals surface area contributed by atoms with Gasteiger partial charge in [-0.2, -0.15) is 13.2 Å². The minimum atomic E-state index is -4.51. The van der Waals surface area contributed by atoms with Crippen LogP contribution < -0.4 is 20.1 Å². The van der Waals surface area contributed by atoms with Gasteiger partial charge in [-0.15, -0.1) is 0 Å². The first-order valence-electron chi connectivity index (χ1n) is 11.9. The first kappa shape index (κ1) is 26.4. The van der Waals surface area contributed by atoms with Crippen LogP contribution in [-0.2, 0) is 17.4 Å². The third kappa shape index (κ3) is 6.76. The lowest BCUT2D eigenvalue weighted by Gasteiger charge is -2.26. The molecule has 1 aliphatic rings. The summed E-state index contributed by atoms with van der Waals surface area (Å²) in [5.74, 6) is 0.459. The van der Waals surface area contributed by atoms with Crippen molar-refractivity contribution in [2.24, 2.45) is 0 Å². The molecule has 1 aliphatic heterocycles. The second-order valence-electron chi connectivity index (χ2n) is 8.66. The number of halogens is 4. The van der Waals surface area contributed by atoms with Crippen LogP contribution in [0.15, 0.2) is 60.8 Å². The smallest absolute Gasteiger partial charge is 0.433 e. The molecule has 2 N–H and O–H groups in total. The van der Waals surface area contributed by atoms with Crippen LogP contribution in [0.25, 0.3) is 0 Å². The maximum atomic E-state index is 13.5. The van der Waals surface area contributed by atoms with E-state index in [9.17, 15) is 22.4 Å². The van der Waals surface area contributed by atoms with E-state index in [1.54, 1.807) is 6.07 Å². The monoisotopic (exact) mass is 517 g/mol. The minimum Gasteiger partial charge on any atom is -0.490 e. The summed E-state index contributed by atoms with van der Waals surface area (Å²) < 4.78 is 63.8. The largest absolute Gasteiger partial charge is 0.490 e. The third-order valence-corrected chi connectivity index (χ3v) is 6.09. The van der Waals surface area contributed by atoms with E-state index in [2.05, 4.69) is 15.6 Å². The molecule has 0 bridgehead atoms. The zero-order valence-electron chi connectivity index (χ0n) is 20.1. The highest BCUT2D eigenvalue weighted by molar-refractivity contribution is 5.83. The molecule has 0 saturated carbocycles. The van der Waals surface area contributed by atoms with Gasteiger partial charge in [-0.05, 0) is 59.9 Å². The maximum Gasteiger partial charge on any atom is 0.433 e. The lowest BCUT2D eigenvalue weighted by atomic mass is 9.96. The van der Waals surface area contributed by atoms with Crippen molar-refractivity contribution in [1.82, 2.24) is 15.6 Å². The quantitative estimate of drug-likeness (QED) is 0.405. The lowest BCUT2D eigenvalue weighted by Crippen LogP contribution is -2.38. The number of rotatable bonds is 8. The molecule has 0 spiro atoms. The van der Waals surface area contributed by atoms with Crippen LogP contribution in [0.3, 0.4) is 0 Å². The first-order chi connectivity index (χ1) is 17.7. The van der Waals surface area contributed by atoms with E-state index in [4.69, 9.17) is 9.47 Å². The van der Waals surface area contributed by atoms with E-state index < -0.39 is 29.8 Å². The number of nitrogens with zero attached hydrogens (tertiary/aromatic N) is 1. The van der Waals surface area contributed by atoms with Crippen molar-refractivity contribution >= 4 is 5.91 Å². The van der Waals surface area contributed by atoms with Crippen LogP contribution in [-0.4, -0.2) is 31.2 Å². The maximum absolute atomic E-state index is 13.5. The number of hydrogen-bond acceptors (Lipinski definition) is 5. The number of carbonyl (C=O) groups is 1. The minimum absolute atomic E-state index is 0.317. The topological polar surface area (TPSA) is 72.5 Å². The Hall–Kier alpha value is -3.66. The first-order valence-corrected chi connectivity index (χ1v) is 11.9. The number of aromatic nitrogens is 1. The van der Waals surface area contributed by atoms with Crippen LogP contribution in [0, 0.1) is 5.82 Å². The molecule has 2 aromatic carbocycles. The highest BCUT2D eigenvalue weighted by Gasteiger charge is 2.32. The summed E-state index contributed by atoms with van der Waals surface area (Å²) in [5, 5.41) is 5.98. The Morgan fingerprint density at radius 2 is 1.70 bits per heavy atom. The molecule has 0 saturated heterocycles. The van der Waals surface area contributed by atoms with Crippen LogP contribution >= 0.6 is 0 Å². The van der Waals surface area contributed by atoms with Gasteiger partial charge in [0.25, 0.3) is 0 Å². The van der Waals surface area contributed by atoms with Gasteiger partial charge in [0.1, 0.15) is 17.6 Å². The van der Waals surface area contributed by atoms with Crippen molar-refractivity contribution in [3.63, 3.8) is 0 Å². The molecule has 10 heteroatoms. The van der Waals surface area contributed by atoms with E-state index in [0.717, 1.165) is 18.1 Å². The summed E-state index contributed by atoms with van der Waals surface area (Å²) >= 11 is 0. The van der Waals surface area contributed by atoms with E-state index in [0.29, 0.717) is 48.7 Å². The molecule has 0 radical (unpaired) electrons. The van der Waals surface area contributed by atoms with Gasteiger partial charge >= 0.3 is 6.18 Å². The second-order valence-corrected chi connectivity index (χ2v) is 8.66. The fraction of sp³-hybridized carbons (Fsp3) is 0.333. The van der Waals surface area contributed by atoms with Crippen molar-refractivity contribution in [3.8, 4) is 11.5 Å². The summed E-state index contributed by atoms with van der Waals surface area (Å²) in [6, 6.07) is 12.3. The number of benzene rings is 2. The molecule has 2 atom stereocenters.